The second-order valence-corrected chi connectivity index (χ2v) is 5.17. The van der Waals surface area contributed by atoms with E-state index in [0.29, 0.717) is 23.8 Å². The molecule has 0 amide bonds. The van der Waals surface area contributed by atoms with E-state index in [-0.39, 0.29) is 5.97 Å². The number of furan rings is 1. The van der Waals surface area contributed by atoms with Crippen molar-refractivity contribution < 1.29 is 13.9 Å². The molecular formula is C16H18N2O3. The van der Waals surface area contributed by atoms with E-state index in [1.165, 1.54) is 7.11 Å². The number of ether oxygens (including phenoxy) is 1. The van der Waals surface area contributed by atoms with E-state index in [4.69, 9.17) is 14.9 Å². The third kappa shape index (κ3) is 2.72. The number of nitrogens with zero attached hydrogens (tertiary/aromatic N) is 1. The molecule has 21 heavy (non-hydrogen) atoms. The van der Waals surface area contributed by atoms with E-state index < -0.39 is 0 Å². The fourth-order valence-corrected chi connectivity index (χ4v) is 2.50. The molecule has 3 rings (SSSR count). The number of anilines is 2. The molecule has 110 valence electrons. The highest BCUT2D eigenvalue weighted by Crippen LogP contribution is 2.38. The van der Waals surface area contributed by atoms with Crippen LogP contribution in [0.4, 0.5) is 11.4 Å². The predicted molar refractivity (Wildman–Crippen MR) is 80.1 cm³/mol. The largest absolute Gasteiger partial charge is 0.467 e. The first-order valence-electron chi connectivity index (χ1n) is 6.96. The number of hydrogen-bond acceptors (Lipinski definition) is 5. The lowest BCUT2D eigenvalue weighted by atomic mass is 10.1. The molecule has 5 heteroatoms. The van der Waals surface area contributed by atoms with Gasteiger partial charge in [-0.15, -0.1) is 0 Å². The van der Waals surface area contributed by atoms with Gasteiger partial charge in [-0.05, 0) is 37.1 Å². The first-order valence-corrected chi connectivity index (χ1v) is 6.96. The Morgan fingerprint density at radius 3 is 2.81 bits per heavy atom. The van der Waals surface area contributed by atoms with Crippen LogP contribution in [0.15, 0.2) is 41.0 Å². The van der Waals surface area contributed by atoms with Crippen molar-refractivity contribution in [1.82, 2.24) is 0 Å². The van der Waals surface area contributed by atoms with Gasteiger partial charge in [0.2, 0.25) is 0 Å². The zero-order chi connectivity index (χ0) is 14.8. The molecule has 1 aliphatic carbocycles. The van der Waals surface area contributed by atoms with Crippen LogP contribution >= 0.6 is 0 Å². The molecule has 1 fully saturated rings. The zero-order valence-corrected chi connectivity index (χ0v) is 11.9. The smallest absolute Gasteiger partial charge is 0.340 e. The van der Waals surface area contributed by atoms with Crippen molar-refractivity contribution in [2.75, 3.05) is 17.7 Å². The molecule has 1 heterocycles. The van der Waals surface area contributed by atoms with Crippen molar-refractivity contribution in [3.63, 3.8) is 0 Å². The lowest BCUT2D eigenvalue weighted by molar-refractivity contribution is 0.0601. The first-order chi connectivity index (χ1) is 10.2. The zero-order valence-electron chi connectivity index (χ0n) is 11.9. The van der Waals surface area contributed by atoms with Crippen LogP contribution in [0.3, 0.4) is 0 Å². The Balaban J connectivity index is 2.00. The second-order valence-electron chi connectivity index (χ2n) is 5.17. The van der Waals surface area contributed by atoms with E-state index in [2.05, 4.69) is 4.90 Å². The number of carbonyl (C=O) groups is 1. The molecule has 1 aromatic carbocycles. The lowest BCUT2D eigenvalue weighted by Crippen LogP contribution is -2.28. The Hall–Kier alpha value is -2.43. The molecule has 0 radical (unpaired) electrons. The minimum atomic E-state index is -0.373. The third-order valence-corrected chi connectivity index (χ3v) is 3.65. The standard InChI is InChI=1S/C16H18N2O3/c1-20-16(19)13-5-2-6-14(17)15(13)18(11-7-8-11)10-12-4-3-9-21-12/h2-6,9,11H,7-8,10,17H2,1H3. The quantitative estimate of drug-likeness (QED) is 0.676. The van der Waals surface area contributed by atoms with E-state index in [1.54, 1.807) is 24.5 Å². The number of nitrogens with two attached hydrogens (primary N) is 1. The molecule has 1 saturated carbocycles. The second kappa shape index (κ2) is 5.52. The average Bonchev–Trinajstić information content (AvgIpc) is 3.21. The molecule has 0 bridgehead atoms. The number of nitrogen functional groups attached to an aromatic ring is 1. The number of hydrogen-bond donors (Lipinski definition) is 1. The van der Waals surface area contributed by atoms with Gasteiger partial charge in [0, 0.05) is 6.04 Å². The molecule has 0 aliphatic heterocycles. The topological polar surface area (TPSA) is 68.7 Å². The summed E-state index contributed by atoms with van der Waals surface area (Å²) in [5, 5.41) is 0. The number of methoxy groups -OCH3 is 1. The van der Waals surface area contributed by atoms with Crippen molar-refractivity contribution in [3.8, 4) is 0 Å². The Labute approximate surface area is 123 Å². The Bertz CT molecular complexity index is 633. The predicted octanol–water partition coefficient (Wildman–Crippen LogP) is 2.82. The van der Waals surface area contributed by atoms with E-state index >= 15 is 0 Å². The van der Waals surface area contributed by atoms with Gasteiger partial charge in [0.25, 0.3) is 0 Å². The number of esters is 1. The number of rotatable bonds is 5. The summed E-state index contributed by atoms with van der Waals surface area (Å²) in [6.07, 6.45) is 3.83. The molecule has 5 nitrogen and oxygen atoms in total. The molecule has 0 saturated heterocycles. The average molecular weight is 286 g/mol. The maximum atomic E-state index is 12.0. The van der Waals surface area contributed by atoms with E-state index in [1.807, 2.05) is 12.1 Å². The van der Waals surface area contributed by atoms with Gasteiger partial charge >= 0.3 is 5.97 Å². The van der Waals surface area contributed by atoms with E-state index in [9.17, 15) is 4.79 Å². The van der Waals surface area contributed by atoms with Gasteiger partial charge < -0.3 is 19.8 Å². The molecule has 2 aromatic rings. The van der Waals surface area contributed by atoms with Crippen molar-refractivity contribution >= 4 is 17.3 Å². The lowest BCUT2D eigenvalue weighted by Gasteiger charge is -2.27. The highest BCUT2D eigenvalue weighted by molar-refractivity contribution is 5.99. The van der Waals surface area contributed by atoms with Crippen molar-refractivity contribution in [2.45, 2.75) is 25.4 Å². The summed E-state index contributed by atoms with van der Waals surface area (Å²) in [6.45, 7) is 0.593. The van der Waals surface area contributed by atoms with Gasteiger partial charge in [0.1, 0.15) is 5.76 Å². The minimum Gasteiger partial charge on any atom is -0.467 e. The van der Waals surface area contributed by atoms with Crippen LogP contribution in [0.1, 0.15) is 29.0 Å². The highest BCUT2D eigenvalue weighted by atomic mass is 16.5. The molecular weight excluding hydrogens is 268 g/mol. The summed E-state index contributed by atoms with van der Waals surface area (Å²) in [6, 6.07) is 9.49. The number of benzene rings is 1. The van der Waals surface area contributed by atoms with Crippen LogP contribution in [0.25, 0.3) is 0 Å². The van der Waals surface area contributed by atoms with Crippen LogP contribution < -0.4 is 10.6 Å². The van der Waals surface area contributed by atoms with Crippen LogP contribution in [0, 0.1) is 0 Å². The molecule has 0 spiro atoms. The molecule has 0 atom stereocenters. The fourth-order valence-electron chi connectivity index (χ4n) is 2.50. The van der Waals surface area contributed by atoms with Gasteiger partial charge in [-0.25, -0.2) is 4.79 Å². The van der Waals surface area contributed by atoms with Gasteiger partial charge in [-0.1, -0.05) is 6.07 Å². The van der Waals surface area contributed by atoms with Gasteiger partial charge in [0.05, 0.1) is 36.9 Å². The third-order valence-electron chi connectivity index (χ3n) is 3.65. The summed E-state index contributed by atoms with van der Waals surface area (Å²) >= 11 is 0. The van der Waals surface area contributed by atoms with Crippen LogP contribution in [-0.2, 0) is 11.3 Å². The monoisotopic (exact) mass is 286 g/mol. The SMILES string of the molecule is COC(=O)c1cccc(N)c1N(Cc1ccco1)C1CC1. The Kier molecular flexibility index (Phi) is 3.56. The van der Waals surface area contributed by atoms with Crippen molar-refractivity contribution in [1.29, 1.82) is 0 Å². The Morgan fingerprint density at radius 2 is 2.19 bits per heavy atom. The normalized spacial score (nSPS) is 14.0. The minimum absolute atomic E-state index is 0.373. The van der Waals surface area contributed by atoms with Gasteiger partial charge in [-0.2, -0.15) is 0 Å². The number of para-hydroxylation sites is 1. The Morgan fingerprint density at radius 1 is 1.38 bits per heavy atom. The molecule has 0 unspecified atom stereocenters. The van der Waals surface area contributed by atoms with Crippen molar-refractivity contribution in [3.05, 3.63) is 47.9 Å². The van der Waals surface area contributed by atoms with Crippen LogP contribution in [0.2, 0.25) is 0 Å². The number of carbonyl (C=O) groups excluding carboxylic acids is 1. The summed E-state index contributed by atoms with van der Waals surface area (Å²) in [4.78, 5) is 14.1. The van der Waals surface area contributed by atoms with Crippen molar-refractivity contribution in [2.24, 2.45) is 0 Å². The maximum Gasteiger partial charge on any atom is 0.340 e. The summed E-state index contributed by atoms with van der Waals surface area (Å²) < 4.78 is 10.3. The maximum absolute atomic E-state index is 12.0. The highest BCUT2D eigenvalue weighted by Gasteiger charge is 2.33. The molecule has 1 aromatic heterocycles. The molecule has 2 N–H and O–H groups in total. The summed E-state index contributed by atoms with van der Waals surface area (Å²) in [5.74, 6) is 0.475. The van der Waals surface area contributed by atoms with Crippen LogP contribution in [-0.4, -0.2) is 19.1 Å². The summed E-state index contributed by atoms with van der Waals surface area (Å²) in [5.41, 5.74) is 7.94. The molecule has 1 aliphatic rings. The van der Waals surface area contributed by atoms with Gasteiger partial charge in [-0.3, -0.25) is 0 Å². The summed E-state index contributed by atoms with van der Waals surface area (Å²) in [7, 11) is 1.38. The van der Waals surface area contributed by atoms with Crippen LogP contribution in [0.5, 0.6) is 0 Å². The first kappa shape index (κ1) is 13.5. The van der Waals surface area contributed by atoms with Gasteiger partial charge in [0.15, 0.2) is 0 Å². The fraction of sp³-hybridized carbons (Fsp3) is 0.312. The van der Waals surface area contributed by atoms with E-state index in [0.717, 1.165) is 24.3 Å².